The Morgan fingerprint density at radius 2 is 1.91 bits per heavy atom. The third kappa shape index (κ3) is 2.39. The van der Waals surface area contributed by atoms with Crippen LogP contribution in [0, 0.1) is 0 Å². The summed E-state index contributed by atoms with van der Waals surface area (Å²) >= 11 is 5.95. The van der Waals surface area contributed by atoms with Crippen LogP contribution < -0.4 is 5.32 Å². The summed E-state index contributed by atoms with van der Waals surface area (Å²) < 4.78 is 28.3. The van der Waals surface area contributed by atoms with Crippen molar-refractivity contribution in [3.63, 3.8) is 0 Å². The van der Waals surface area contributed by atoms with Gasteiger partial charge in [0, 0.05) is 5.56 Å². The van der Waals surface area contributed by atoms with E-state index in [-0.39, 0.29) is 15.8 Å². The van der Waals surface area contributed by atoms with Crippen LogP contribution >= 0.6 is 11.6 Å². The van der Waals surface area contributed by atoms with E-state index in [1.54, 1.807) is 18.2 Å². The molecule has 0 radical (unpaired) electrons. The molecular formula is C15H12ClNO4S. The van der Waals surface area contributed by atoms with E-state index in [2.05, 4.69) is 9.50 Å². The highest BCUT2D eigenvalue weighted by molar-refractivity contribution is 7.86. The summed E-state index contributed by atoms with van der Waals surface area (Å²) in [5, 5.41) is 2.91. The van der Waals surface area contributed by atoms with E-state index in [9.17, 15) is 13.2 Å². The average Bonchev–Trinajstić information content (AvgIpc) is 2.85. The van der Waals surface area contributed by atoms with Gasteiger partial charge in [-0.05, 0) is 29.3 Å². The molecule has 0 fully saturated rings. The predicted octanol–water partition coefficient (Wildman–Crippen LogP) is 2.51. The van der Waals surface area contributed by atoms with Crippen LogP contribution in [0.15, 0.2) is 47.4 Å². The van der Waals surface area contributed by atoms with E-state index in [4.69, 9.17) is 11.6 Å². The Balaban J connectivity index is 2.12. The predicted molar refractivity (Wildman–Crippen MR) is 81.4 cm³/mol. The largest absolute Gasteiger partial charge is 0.341 e. The van der Waals surface area contributed by atoms with Crippen molar-refractivity contribution in [1.82, 2.24) is 5.32 Å². The summed E-state index contributed by atoms with van der Waals surface area (Å²) in [6, 6.07) is 11.4. The number of hydrogen-bond acceptors (Lipinski definition) is 4. The quantitative estimate of drug-likeness (QED) is 0.873. The van der Waals surface area contributed by atoms with Crippen LogP contribution in [0.4, 0.5) is 0 Å². The molecular weight excluding hydrogens is 326 g/mol. The van der Waals surface area contributed by atoms with Gasteiger partial charge in [-0.25, -0.2) is 0 Å². The number of hydrogen-bond donors (Lipinski definition) is 1. The Bertz CT molecular complexity index is 864. The minimum Gasteiger partial charge on any atom is -0.341 e. The molecule has 3 rings (SSSR count). The molecule has 1 heterocycles. The first-order valence-electron chi connectivity index (χ1n) is 6.44. The highest BCUT2D eigenvalue weighted by Crippen LogP contribution is 2.33. The Morgan fingerprint density at radius 1 is 1.18 bits per heavy atom. The lowest BCUT2D eigenvalue weighted by atomic mass is 9.99. The van der Waals surface area contributed by atoms with Gasteiger partial charge in [0.25, 0.3) is 16.0 Å². The van der Waals surface area contributed by atoms with Gasteiger partial charge in [0.05, 0.1) is 18.2 Å². The highest BCUT2D eigenvalue weighted by Gasteiger charge is 2.30. The molecule has 1 atom stereocenters. The average molecular weight is 338 g/mol. The Morgan fingerprint density at radius 3 is 2.64 bits per heavy atom. The topological polar surface area (TPSA) is 72.5 Å². The highest BCUT2D eigenvalue weighted by atomic mass is 35.5. The summed E-state index contributed by atoms with van der Waals surface area (Å²) in [4.78, 5) is 11.9. The molecule has 5 nitrogen and oxygen atoms in total. The van der Waals surface area contributed by atoms with Crippen LogP contribution in [0.25, 0.3) is 0 Å². The first-order valence-corrected chi connectivity index (χ1v) is 8.22. The third-order valence-corrected chi connectivity index (χ3v) is 5.33. The fraction of sp³-hybridized carbons (Fsp3) is 0.133. The molecule has 1 aliphatic heterocycles. The molecule has 22 heavy (non-hydrogen) atoms. The lowest BCUT2D eigenvalue weighted by Gasteiger charge is -2.14. The standard InChI is InChI=1S/C15H12ClNO4S/c1-21-22(19,20)13-8-9(6-7-12(13)16)14-10-4-2-3-5-11(10)15(18)17-14/h2-8,14H,1H3,(H,17,18). The van der Waals surface area contributed by atoms with Gasteiger partial charge >= 0.3 is 0 Å². The monoisotopic (exact) mass is 337 g/mol. The Labute approximate surface area is 133 Å². The Kier molecular flexibility index (Phi) is 3.68. The van der Waals surface area contributed by atoms with Gasteiger partial charge in [-0.2, -0.15) is 8.42 Å². The van der Waals surface area contributed by atoms with Crippen molar-refractivity contribution < 1.29 is 17.4 Å². The summed E-state index contributed by atoms with van der Waals surface area (Å²) in [6.07, 6.45) is 0. The van der Waals surface area contributed by atoms with Crippen LogP contribution in [0.2, 0.25) is 5.02 Å². The maximum absolute atomic E-state index is 12.0. The van der Waals surface area contributed by atoms with Gasteiger partial charge in [-0.3, -0.25) is 8.98 Å². The van der Waals surface area contributed by atoms with E-state index in [0.717, 1.165) is 12.7 Å². The van der Waals surface area contributed by atoms with Crippen molar-refractivity contribution >= 4 is 27.6 Å². The summed E-state index contributed by atoms with van der Waals surface area (Å²) in [5.41, 5.74) is 2.01. The van der Waals surface area contributed by atoms with Gasteiger partial charge in [0.2, 0.25) is 0 Å². The molecule has 114 valence electrons. The van der Waals surface area contributed by atoms with E-state index >= 15 is 0 Å². The maximum atomic E-state index is 12.0. The maximum Gasteiger partial charge on any atom is 0.298 e. The minimum absolute atomic E-state index is 0.0724. The smallest absolute Gasteiger partial charge is 0.298 e. The van der Waals surface area contributed by atoms with Crippen molar-refractivity contribution in [1.29, 1.82) is 0 Å². The number of rotatable bonds is 3. The van der Waals surface area contributed by atoms with Gasteiger partial charge < -0.3 is 5.32 Å². The molecule has 0 saturated heterocycles. The second kappa shape index (κ2) is 5.39. The zero-order chi connectivity index (χ0) is 15.9. The van der Waals surface area contributed by atoms with Crippen molar-refractivity contribution in [3.8, 4) is 0 Å². The van der Waals surface area contributed by atoms with E-state index in [1.807, 2.05) is 12.1 Å². The molecule has 1 aliphatic rings. The number of carbonyl (C=O) groups is 1. The second-order valence-electron chi connectivity index (χ2n) is 4.80. The first kappa shape index (κ1) is 15.0. The van der Waals surface area contributed by atoms with Crippen LogP contribution in [-0.2, 0) is 14.3 Å². The molecule has 7 heteroatoms. The number of nitrogens with one attached hydrogen (secondary N) is 1. The molecule has 1 amide bonds. The van der Waals surface area contributed by atoms with Crippen molar-refractivity contribution in [3.05, 3.63) is 64.2 Å². The SMILES string of the molecule is COS(=O)(=O)c1cc(C2NC(=O)c3ccccc32)ccc1Cl. The molecule has 0 spiro atoms. The van der Waals surface area contributed by atoms with Gasteiger partial charge in [0.1, 0.15) is 4.90 Å². The van der Waals surface area contributed by atoms with Gasteiger partial charge in [0.15, 0.2) is 0 Å². The minimum atomic E-state index is -3.92. The second-order valence-corrected chi connectivity index (χ2v) is 6.89. The summed E-state index contributed by atoms with van der Waals surface area (Å²) in [6.45, 7) is 0. The molecule has 1 N–H and O–H groups in total. The summed E-state index contributed by atoms with van der Waals surface area (Å²) in [7, 11) is -2.84. The van der Waals surface area contributed by atoms with Crippen molar-refractivity contribution in [2.24, 2.45) is 0 Å². The number of halogens is 1. The molecule has 2 aromatic carbocycles. The van der Waals surface area contributed by atoms with E-state index in [0.29, 0.717) is 11.1 Å². The Hall–Kier alpha value is -1.89. The summed E-state index contributed by atoms with van der Waals surface area (Å²) in [5.74, 6) is -0.188. The molecule has 0 saturated carbocycles. The third-order valence-electron chi connectivity index (χ3n) is 3.57. The van der Waals surface area contributed by atoms with E-state index in [1.165, 1.54) is 12.1 Å². The molecule has 2 aromatic rings. The first-order chi connectivity index (χ1) is 10.4. The lowest BCUT2D eigenvalue weighted by Crippen LogP contribution is -2.20. The zero-order valence-electron chi connectivity index (χ0n) is 11.5. The molecule has 0 bridgehead atoms. The molecule has 0 aromatic heterocycles. The normalized spacial score (nSPS) is 17.2. The van der Waals surface area contributed by atoms with Gasteiger partial charge in [-0.15, -0.1) is 0 Å². The van der Waals surface area contributed by atoms with Crippen LogP contribution in [0.3, 0.4) is 0 Å². The zero-order valence-corrected chi connectivity index (χ0v) is 13.1. The lowest BCUT2D eigenvalue weighted by molar-refractivity contribution is 0.0960. The number of benzene rings is 2. The van der Waals surface area contributed by atoms with Crippen molar-refractivity contribution in [2.45, 2.75) is 10.9 Å². The number of carbonyl (C=O) groups excluding carboxylic acids is 1. The van der Waals surface area contributed by atoms with Gasteiger partial charge in [-0.1, -0.05) is 35.9 Å². The van der Waals surface area contributed by atoms with Crippen LogP contribution in [0.1, 0.15) is 27.5 Å². The fourth-order valence-electron chi connectivity index (χ4n) is 2.49. The van der Waals surface area contributed by atoms with E-state index < -0.39 is 16.2 Å². The molecule has 0 aliphatic carbocycles. The molecule has 1 unspecified atom stereocenters. The number of fused-ring (bicyclic) bond motifs is 1. The van der Waals surface area contributed by atoms with Crippen molar-refractivity contribution in [2.75, 3.05) is 7.11 Å². The van der Waals surface area contributed by atoms with Crippen LogP contribution in [-0.4, -0.2) is 21.4 Å². The fourth-order valence-corrected chi connectivity index (χ4v) is 3.65. The number of amides is 1. The van der Waals surface area contributed by atoms with Crippen LogP contribution in [0.5, 0.6) is 0 Å².